The van der Waals surface area contributed by atoms with Crippen molar-refractivity contribution in [3.63, 3.8) is 0 Å². The second-order valence-electron chi connectivity index (χ2n) is 6.86. The van der Waals surface area contributed by atoms with E-state index in [2.05, 4.69) is 11.2 Å². The third kappa shape index (κ3) is 2.47. The van der Waals surface area contributed by atoms with E-state index >= 15 is 0 Å². The van der Waals surface area contributed by atoms with E-state index in [0.717, 1.165) is 67.0 Å². The molecule has 6 heteroatoms. The number of hydrogen-bond donors (Lipinski definition) is 0. The first-order chi connectivity index (χ1) is 12.3. The molecule has 1 atom stereocenters. The maximum atomic E-state index is 13.2. The molecule has 0 spiro atoms. The van der Waals surface area contributed by atoms with Crippen LogP contribution in [0.1, 0.15) is 52.8 Å². The van der Waals surface area contributed by atoms with Gasteiger partial charge in [0.05, 0.1) is 33.7 Å². The average Bonchev–Trinajstić information content (AvgIpc) is 3.37. The Hall–Kier alpha value is -2.21. The van der Waals surface area contributed by atoms with Gasteiger partial charge in [-0.2, -0.15) is 5.10 Å². The highest BCUT2D eigenvalue weighted by Gasteiger charge is 2.34. The van der Waals surface area contributed by atoms with Crippen LogP contribution in [0.5, 0.6) is 0 Å². The summed E-state index contributed by atoms with van der Waals surface area (Å²) in [5.74, 6) is 0.130. The van der Waals surface area contributed by atoms with Crippen LogP contribution >= 0.6 is 11.3 Å². The minimum atomic E-state index is 0.101. The van der Waals surface area contributed by atoms with Crippen molar-refractivity contribution in [1.82, 2.24) is 19.7 Å². The summed E-state index contributed by atoms with van der Waals surface area (Å²) in [6.45, 7) is 1.74. The number of thiazole rings is 1. The topological polar surface area (TPSA) is 51.0 Å². The summed E-state index contributed by atoms with van der Waals surface area (Å²) in [4.78, 5) is 20.0. The van der Waals surface area contributed by atoms with E-state index in [4.69, 9.17) is 4.98 Å². The summed E-state index contributed by atoms with van der Waals surface area (Å²) < 4.78 is 3.21. The molecule has 2 aromatic heterocycles. The van der Waals surface area contributed by atoms with Crippen molar-refractivity contribution in [2.24, 2.45) is 0 Å². The van der Waals surface area contributed by atoms with E-state index in [1.807, 2.05) is 27.8 Å². The Morgan fingerprint density at radius 1 is 1.16 bits per heavy atom. The summed E-state index contributed by atoms with van der Waals surface area (Å²) in [6, 6.07) is 8.31. The average molecular weight is 352 g/mol. The Balaban J connectivity index is 1.48. The highest BCUT2D eigenvalue weighted by molar-refractivity contribution is 7.18. The number of nitrogens with zero attached hydrogens (tertiary/aromatic N) is 4. The first-order valence-corrected chi connectivity index (χ1v) is 9.84. The van der Waals surface area contributed by atoms with Crippen molar-refractivity contribution in [1.29, 1.82) is 0 Å². The highest BCUT2D eigenvalue weighted by atomic mass is 32.1. The predicted octanol–water partition coefficient (Wildman–Crippen LogP) is 3.81. The molecule has 2 aliphatic heterocycles. The monoisotopic (exact) mass is 352 g/mol. The standard InChI is InChI=1S/C19H20N4OS/c24-19(13-12-20-23-11-4-3-7-15(13)23)22-10-5-8-16(22)18-21-14-6-1-2-9-17(14)25-18/h1-2,6,9,12,16H,3-5,7-8,10-11H2/t16-/m0/s1. The number of hydrogen-bond acceptors (Lipinski definition) is 4. The number of benzene rings is 1. The van der Waals surface area contributed by atoms with Gasteiger partial charge in [-0.3, -0.25) is 9.48 Å². The molecule has 3 aromatic rings. The maximum Gasteiger partial charge on any atom is 0.257 e. The summed E-state index contributed by atoms with van der Waals surface area (Å²) in [7, 11) is 0. The molecule has 0 unspecified atom stereocenters. The highest BCUT2D eigenvalue weighted by Crippen LogP contribution is 2.37. The van der Waals surface area contributed by atoms with Crippen LogP contribution in [0.3, 0.4) is 0 Å². The van der Waals surface area contributed by atoms with Gasteiger partial charge in [-0.1, -0.05) is 12.1 Å². The van der Waals surface area contributed by atoms with Crippen LogP contribution in [0.4, 0.5) is 0 Å². The summed E-state index contributed by atoms with van der Waals surface area (Å²) in [6.07, 6.45) is 7.07. The number of amides is 1. The number of para-hydroxylation sites is 1. The molecule has 0 N–H and O–H groups in total. The van der Waals surface area contributed by atoms with Gasteiger partial charge in [-0.05, 0) is 44.2 Å². The van der Waals surface area contributed by atoms with Crippen LogP contribution < -0.4 is 0 Å². The van der Waals surface area contributed by atoms with Gasteiger partial charge in [0, 0.05) is 13.1 Å². The van der Waals surface area contributed by atoms with Crippen LogP contribution in [-0.4, -0.2) is 32.1 Å². The lowest BCUT2D eigenvalue weighted by Crippen LogP contribution is -2.31. The lowest BCUT2D eigenvalue weighted by molar-refractivity contribution is 0.0734. The fourth-order valence-corrected chi connectivity index (χ4v) is 5.17. The molecular weight excluding hydrogens is 332 g/mol. The molecule has 2 aliphatic rings. The van der Waals surface area contributed by atoms with Crippen LogP contribution in [0.2, 0.25) is 0 Å². The Morgan fingerprint density at radius 2 is 2.08 bits per heavy atom. The van der Waals surface area contributed by atoms with E-state index in [0.29, 0.717) is 0 Å². The van der Waals surface area contributed by atoms with Crippen LogP contribution in [0, 0.1) is 0 Å². The zero-order valence-electron chi connectivity index (χ0n) is 14.0. The molecule has 1 aromatic carbocycles. The molecule has 1 saturated heterocycles. The Kier molecular flexibility index (Phi) is 3.59. The summed E-state index contributed by atoms with van der Waals surface area (Å²) in [5.41, 5.74) is 2.95. The number of likely N-dealkylation sites (tertiary alicyclic amines) is 1. The van der Waals surface area contributed by atoms with Crippen molar-refractivity contribution in [2.75, 3.05) is 6.54 Å². The fourth-order valence-electron chi connectivity index (χ4n) is 4.05. The number of carbonyl (C=O) groups is 1. The predicted molar refractivity (Wildman–Crippen MR) is 97.8 cm³/mol. The fraction of sp³-hybridized carbons (Fsp3) is 0.421. The van der Waals surface area contributed by atoms with E-state index in [9.17, 15) is 4.79 Å². The van der Waals surface area contributed by atoms with Crippen molar-refractivity contribution in [3.05, 3.63) is 46.7 Å². The van der Waals surface area contributed by atoms with E-state index in [1.165, 1.54) is 4.70 Å². The number of aryl methyl sites for hydroxylation is 1. The van der Waals surface area contributed by atoms with Gasteiger partial charge in [0.1, 0.15) is 5.01 Å². The number of aromatic nitrogens is 3. The first kappa shape index (κ1) is 15.1. The molecule has 5 rings (SSSR count). The lowest BCUT2D eigenvalue weighted by atomic mass is 10.1. The van der Waals surface area contributed by atoms with Crippen molar-refractivity contribution in [3.8, 4) is 0 Å². The van der Waals surface area contributed by atoms with Gasteiger partial charge in [0.15, 0.2) is 0 Å². The van der Waals surface area contributed by atoms with Gasteiger partial charge in [-0.25, -0.2) is 4.98 Å². The second kappa shape index (κ2) is 5.95. The second-order valence-corrected chi connectivity index (χ2v) is 7.92. The number of fused-ring (bicyclic) bond motifs is 2. The molecule has 0 radical (unpaired) electrons. The molecule has 1 amide bonds. The van der Waals surface area contributed by atoms with E-state index in [-0.39, 0.29) is 11.9 Å². The maximum absolute atomic E-state index is 13.2. The molecule has 0 saturated carbocycles. The van der Waals surface area contributed by atoms with Gasteiger partial charge in [0.25, 0.3) is 5.91 Å². The Labute approximate surface area is 150 Å². The molecule has 128 valence electrons. The van der Waals surface area contributed by atoms with E-state index in [1.54, 1.807) is 17.5 Å². The van der Waals surface area contributed by atoms with Crippen LogP contribution in [-0.2, 0) is 13.0 Å². The Bertz CT molecular complexity index is 911. The van der Waals surface area contributed by atoms with Crippen molar-refractivity contribution < 1.29 is 4.79 Å². The zero-order chi connectivity index (χ0) is 16.8. The molecule has 0 bridgehead atoms. The summed E-state index contributed by atoms with van der Waals surface area (Å²) in [5, 5.41) is 5.50. The van der Waals surface area contributed by atoms with Crippen LogP contribution in [0.15, 0.2) is 30.5 Å². The van der Waals surface area contributed by atoms with Gasteiger partial charge in [-0.15, -0.1) is 11.3 Å². The minimum absolute atomic E-state index is 0.101. The third-order valence-electron chi connectivity index (χ3n) is 5.32. The molecular formula is C19H20N4OS. The van der Waals surface area contributed by atoms with Crippen molar-refractivity contribution in [2.45, 2.75) is 44.7 Å². The third-order valence-corrected chi connectivity index (χ3v) is 6.46. The zero-order valence-corrected chi connectivity index (χ0v) is 14.8. The molecule has 1 fully saturated rings. The number of rotatable bonds is 2. The normalized spacial score (nSPS) is 20.2. The smallest absolute Gasteiger partial charge is 0.257 e. The largest absolute Gasteiger partial charge is 0.329 e. The summed E-state index contributed by atoms with van der Waals surface area (Å²) >= 11 is 1.72. The van der Waals surface area contributed by atoms with Gasteiger partial charge < -0.3 is 4.90 Å². The van der Waals surface area contributed by atoms with Gasteiger partial charge in [0.2, 0.25) is 0 Å². The Morgan fingerprint density at radius 3 is 3.00 bits per heavy atom. The van der Waals surface area contributed by atoms with Crippen molar-refractivity contribution >= 4 is 27.5 Å². The van der Waals surface area contributed by atoms with Crippen LogP contribution in [0.25, 0.3) is 10.2 Å². The molecule has 5 nitrogen and oxygen atoms in total. The lowest BCUT2D eigenvalue weighted by Gasteiger charge is -2.24. The quantitative estimate of drug-likeness (QED) is 0.705. The SMILES string of the molecule is O=C(c1cnn2c1CCCC2)N1CCC[C@H]1c1nc2ccccc2s1. The first-order valence-electron chi connectivity index (χ1n) is 9.02. The minimum Gasteiger partial charge on any atom is -0.329 e. The van der Waals surface area contributed by atoms with E-state index < -0.39 is 0 Å². The molecule has 25 heavy (non-hydrogen) atoms. The van der Waals surface area contributed by atoms with Gasteiger partial charge >= 0.3 is 0 Å². The molecule has 4 heterocycles. The number of carbonyl (C=O) groups excluding carboxylic acids is 1. The molecule has 0 aliphatic carbocycles.